The van der Waals surface area contributed by atoms with Gasteiger partial charge in [-0.1, -0.05) is 18.2 Å². The number of carboxylic acids is 1. The van der Waals surface area contributed by atoms with Crippen LogP contribution in [0.15, 0.2) is 42.7 Å². The average molecular weight is 245 g/mol. The lowest BCUT2D eigenvalue weighted by Gasteiger charge is -2.13. The van der Waals surface area contributed by atoms with Crippen LogP contribution >= 0.6 is 0 Å². The standard InChI is InChI=1S/C13H15N3O2/c1-2-16-9-10(8-14-16)12(13(17)18)15-11-6-4-3-5-7-11/h3-9,12,15H,2H2,1H3,(H,17,18). The van der Waals surface area contributed by atoms with Gasteiger partial charge in [-0.05, 0) is 19.1 Å². The van der Waals surface area contributed by atoms with E-state index in [-0.39, 0.29) is 0 Å². The third-order valence-corrected chi connectivity index (χ3v) is 2.64. The van der Waals surface area contributed by atoms with E-state index in [0.717, 1.165) is 12.2 Å². The number of nitrogens with one attached hydrogen (secondary N) is 1. The molecule has 0 aliphatic heterocycles. The smallest absolute Gasteiger partial charge is 0.330 e. The molecule has 0 amide bonds. The summed E-state index contributed by atoms with van der Waals surface area (Å²) in [5, 5.41) is 16.3. The average Bonchev–Trinajstić information content (AvgIpc) is 2.85. The first-order valence-corrected chi connectivity index (χ1v) is 5.77. The van der Waals surface area contributed by atoms with E-state index in [1.807, 2.05) is 37.3 Å². The minimum absolute atomic E-state index is 0.646. The van der Waals surface area contributed by atoms with Crippen molar-refractivity contribution < 1.29 is 9.90 Å². The lowest BCUT2D eigenvalue weighted by atomic mass is 10.1. The van der Waals surface area contributed by atoms with Gasteiger partial charge in [-0.25, -0.2) is 4.79 Å². The van der Waals surface area contributed by atoms with E-state index in [1.165, 1.54) is 0 Å². The van der Waals surface area contributed by atoms with Gasteiger partial charge >= 0.3 is 5.97 Å². The van der Waals surface area contributed by atoms with Gasteiger partial charge in [0, 0.05) is 24.0 Å². The van der Waals surface area contributed by atoms with E-state index in [0.29, 0.717) is 5.56 Å². The maximum atomic E-state index is 11.3. The first kappa shape index (κ1) is 12.2. The molecule has 0 saturated heterocycles. The molecule has 1 aromatic heterocycles. The summed E-state index contributed by atoms with van der Waals surface area (Å²) in [6.07, 6.45) is 3.33. The number of hydrogen-bond donors (Lipinski definition) is 2. The quantitative estimate of drug-likeness (QED) is 0.847. The Hall–Kier alpha value is -2.30. The predicted octanol–water partition coefficient (Wildman–Crippen LogP) is 2.14. The maximum Gasteiger partial charge on any atom is 0.330 e. The van der Waals surface area contributed by atoms with Gasteiger partial charge in [-0.3, -0.25) is 4.68 Å². The van der Waals surface area contributed by atoms with Crippen LogP contribution in [0.3, 0.4) is 0 Å². The fraction of sp³-hybridized carbons (Fsp3) is 0.231. The summed E-state index contributed by atoms with van der Waals surface area (Å²) < 4.78 is 1.71. The maximum absolute atomic E-state index is 11.3. The van der Waals surface area contributed by atoms with E-state index in [9.17, 15) is 9.90 Å². The van der Waals surface area contributed by atoms with Crippen LogP contribution in [0.4, 0.5) is 5.69 Å². The highest BCUT2D eigenvalue weighted by molar-refractivity contribution is 5.79. The second-order valence-corrected chi connectivity index (χ2v) is 3.91. The molecular weight excluding hydrogens is 230 g/mol. The van der Waals surface area contributed by atoms with Crippen molar-refractivity contribution in [2.24, 2.45) is 0 Å². The van der Waals surface area contributed by atoms with Gasteiger partial charge < -0.3 is 10.4 Å². The largest absolute Gasteiger partial charge is 0.479 e. The van der Waals surface area contributed by atoms with Gasteiger partial charge in [0.25, 0.3) is 0 Å². The fourth-order valence-electron chi connectivity index (χ4n) is 1.69. The molecule has 0 bridgehead atoms. The summed E-state index contributed by atoms with van der Waals surface area (Å²) in [7, 11) is 0. The summed E-state index contributed by atoms with van der Waals surface area (Å²) in [5.41, 5.74) is 1.42. The summed E-state index contributed by atoms with van der Waals surface area (Å²) in [6, 6.07) is 8.48. The molecule has 1 aromatic carbocycles. The molecule has 18 heavy (non-hydrogen) atoms. The van der Waals surface area contributed by atoms with Crippen LogP contribution in [0.1, 0.15) is 18.5 Å². The van der Waals surface area contributed by atoms with Crippen LogP contribution in [0, 0.1) is 0 Å². The first-order chi connectivity index (χ1) is 8.70. The highest BCUT2D eigenvalue weighted by Crippen LogP contribution is 2.19. The molecule has 2 aromatic rings. The fourth-order valence-corrected chi connectivity index (χ4v) is 1.69. The number of nitrogens with zero attached hydrogens (tertiary/aromatic N) is 2. The summed E-state index contributed by atoms with van der Waals surface area (Å²) >= 11 is 0. The second kappa shape index (κ2) is 5.35. The molecule has 0 saturated carbocycles. The molecule has 5 nitrogen and oxygen atoms in total. The van der Waals surface area contributed by atoms with Crippen molar-refractivity contribution in [1.82, 2.24) is 9.78 Å². The van der Waals surface area contributed by atoms with Crippen LogP contribution in [0.25, 0.3) is 0 Å². The Balaban J connectivity index is 2.21. The van der Waals surface area contributed by atoms with E-state index < -0.39 is 12.0 Å². The molecular formula is C13H15N3O2. The molecule has 5 heteroatoms. The minimum Gasteiger partial charge on any atom is -0.479 e. The van der Waals surface area contributed by atoms with Crippen LogP contribution in [0.2, 0.25) is 0 Å². The molecule has 2 rings (SSSR count). The number of aliphatic carboxylic acids is 1. The van der Waals surface area contributed by atoms with Crippen LogP contribution in [0.5, 0.6) is 0 Å². The van der Waals surface area contributed by atoms with Crippen LogP contribution < -0.4 is 5.32 Å². The highest BCUT2D eigenvalue weighted by atomic mass is 16.4. The molecule has 2 N–H and O–H groups in total. The van der Waals surface area contributed by atoms with Gasteiger partial charge in [0.1, 0.15) is 0 Å². The number of hydrogen-bond acceptors (Lipinski definition) is 3. The number of para-hydroxylation sites is 1. The van der Waals surface area contributed by atoms with Gasteiger partial charge in [0.2, 0.25) is 0 Å². The third-order valence-electron chi connectivity index (χ3n) is 2.64. The molecule has 1 atom stereocenters. The Morgan fingerprint density at radius 2 is 2.17 bits per heavy atom. The van der Waals surface area contributed by atoms with Crippen molar-refractivity contribution in [3.05, 3.63) is 48.3 Å². The minimum atomic E-state index is -0.922. The molecule has 0 radical (unpaired) electrons. The van der Waals surface area contributed by atoms with Crippen molar-refractivity contribution in [3.63, 3.8) is 0 Å². The number of benzene rings is 1. The molecule has 0 fully saturated rings. The molecule has 94 valence electrons. The first-order valence-electron chi connectivity index (χ1n) is 5.77. The number of carbonyl (C=O) groups is 1. The van der Waals surface area contributed by atoms with Crippen molar-refractivity contribution >= 4 is 11.7 Å². The molecule has 0 spiro atoms. The van der Waals surface area contributed by atoms with Crippen LogP contribution in [-0.4, -0.2) is 20.9 Å². The predicted molar refractivity (Wildman–Crippen MR) is 68.3 cm³/mol. The molecule has 1 unspecified atom stereocenters. The van der Waals surface area contributed by atoms with Crippen molar-refractivity contribution in [1.29, 1.82) is 0 Å². The van der Waals surface area contributed by atoms with E-state index in [2.05, 4.69) is 10.4 Å². The summed E-state index contributed by atoms with van der Waals surface area (Å²) in [5.74, 6) is -0.922. The monoisotopic (exact) mass is 245 g/mol. The number of aromatic nitrogens is 2. The Kier molecular flexibility index (Phi) is 3.62. The van der Waals surface area contributed by atoms with E-state index in [1.54, 1.807) is 17.1 Å². The Labute approximate surface area is 105 Å². The van der Waals surface area contributed by atoms with E-state index in [4.69, 9.17) is 0 Å². The Morgan fingerprint density at radius 1 is 1.44 bits per heavy atom. The van der Waals surface area contributed by atoms with Gasteiger partial charge in [-0.2, -0.15) is 5.10 Å². The number of rotatable bonds is 5. The zero-order valence-corrected chi connectivity index (χ0v) is 10.1. The normalized spacial score (nSPS) is 12.1. The molecule has 0 aliphatic carbocycles. The van der Waals surface area contributed by atoms with Crippen molar-refractivity contribution in [3.8, 4) is 0 Å². The summed E-state index contributed by atoms with van der Waals surface area (Å²) in [6.45, 7) is 2.68. The molecule has 0 aliphatic rings. The zero-order valence-electron chi connectivity index (χ0n) is 10.1. The number of carboxylic acid groups (broad SMARTS) is 1. The SMILES string of the molecule is CCn1cc(C(Nc2ccccc2)C(=O)O)cn1. The van der Waals surface area contributed by atoms with Crippen molar-refractivity contribution in [2.75, 3.05) is 5.32 Å². The van der Waals surface area contributed by atoms with Gasteiger partial charge in [0.15, 0.2) is 6.04 Å². The molecule has 1 heterocycles. The lowest BCUT2D eigenvalue weighted by Crippen LogP contribution is -2.20. The zero-order chi connectivity index (χ0) is 13.0. The van der Waals surface area contributed by atoms with E-state index >= 15 is 0 Å². The number of aryl methyl sites for hydroxylation is 1. The Bertz CT molecular complexity index is 522. The third kappa shape index (κ3) is 2.68. The number of anilines is 1. The topological polar surface area (TPSA) is 67.2 Å². The van der Waals surface area contributed by atoms with Gasteiger partial charge in [-0.15, -0.1) is 0 Å². The van der Waals surface area contributed by atoms with Crippen LogP contribution in [-0.2, 0) is 11.3 Å². The van der Waals surface area contributed by atoms with Gasteiger partial charge in [0.05, 0.1) is 6.20 Å². The highest BCUT2D eigenvalue weighted by Gasteiger charge is 2.21. The second-order valence-electron chi connectivity index (χ2n) is 3.91. The van der Waals surface area contributed by atoms with Crippen molar-refractivity contribution in [2.45, 2.75) is 19.5 Å². The summed E-state index contributed by atoms with van der Waals surface area (Å²) in [4.78, 5) is 11.3. The lowest BCUT2D eigenvalue weighted by molar-refractivity contribution is -0.138. The Morgan fingerprint density at radius 3 is 2.72 bits per heavy atom.